The molecule has 3 N–H and O–H groups in total. The van der Waals surface area contributed by atoms with E-state index in [-0.39, 0.29) is 24.8 Å². The summed E-state index contributed by atoms with van der Waals surface area (Å²) in [5.41, 5.74) is 0. The molecule has 0 radical (unpaired) electrons. The van der Waals surface area contributed by atoms with Crippen molar-refractivity contribution in [2.45, 2.75) is 78.2 Å². The average Bonchev–Trinajstić information content (AvgIpc) is 2.65. The predicted octanol–water partition coefficient (Wildman–Crippen LogP) is 2.56. The fraction of sp³-hybridized carbons (Fsp3) is 0.842. The topological polar surface area (TPSA) is 105 Å². The van der Waals surface area contributed by atoms with Crippen LogP contribution in [-0.4, -0.2) is 48.7 Å². The molecule has 0 aliphatic heterocycles. The zero-order valence-electron chi connectivity index (χ0n) is 16.5. The van der Waals surface area contributed by atoms with Crippen molar-refractivity contribution < 1.29 is 24.2 Å². The van der Waals surface area contributed by atoms with Crippen molar-refractivity contribution in [2.75, 3.05) is 19.7 Å². The van der Waals surface area contributed by atoms with E-state index < -0.39 is 12.2 Å². The van der Waals surface area contributed by atoms with Crippen LogP contribution in [-0.2, 0) is 14.3 Å². The zero-order chi connectivity index (χ0) is 19.8. The number of Topliss-reactive ketones (excluding diaryl/α,β-unsaturated/α-hetero) is 1. The molecule has 152 valence electrons. The van der Waals surface area contributed by atoms with Gasteiger partial charge in [-0.05, 0) is 25.2 Å². The maximum Gasteiger partial charge on any atom is 0.407 e. The van der Waals surface area contributed by atoms with Crippen LogP contribution in [0, 0.1) is 5.92 Å². The number of alkyl carbamates (subject to hydrolysis) is 1. The van der Waals surface area contributed by atoms with Crippen LogP contribution in [0.2, 0.25) is 0 Å². The van der Waals surface area contributed by atoms with Crippen LogP contribution in [0.5, 0.6) is 0 Å². The standard InChI is InChI=1S/C19H36N2O5/c1-4-15(14-22)9-7-8-12-20-19(25)26-17(11-10-16(23)5-2)13-21-18(24)6-3/h15,17,22H,4-14H2,1-3H3,(H,20,25)(H,21,24). The van der Waals surface area contributed by atoms with Gasteiger partial charge in [0.15, 0.2) is 0 Å². The van der Waals surface area contributed by atoms with Gasteiger partial charge in [-0.25, -0.2) is 4.79 Å². The summed E-state index contributed by atoms with van der Waals surface area (Å²) in [5.74, 6) is 0.315. The first-order valence-corrected chi connectivity index (χ1v) is 9.80. The number of ether oxygens (including phenoxy) is 1. The Morgan fingerprint density at radius 3 is 2.31 bits per heavy atom. The second-order valence-electron chi connectivity index (χ2n) is 6.50. The molecule has 0 saturated heterocycles. The smallest absolute Gasteiger partial charge is 0.407 e. The van der Waals surface area contributed by atoms with E-state index >= 15 is 0 Å². The first-order chi connectivity index (χ1) is 12.5. The molecule has 0 aromatic carbocycles. The SMILES string of the molecule is CCC(=O)CCC(CNC(=O)CC)OC(=O)NCCCCC(CC)CO. The highest BCUT2D eigenvalue weighted by Gasteiger charge is 2.16. The minimum absolute atomic E-state index is 0.107. The third kappa shape index (κ3) is 12.7. The van der Waals surface area contributed by atoms with Crippen LogP contribution < -0.4 is 10.6 Å². The lowest BCUT2D eigenvalue weighted by Crippen LogP contribution is -2.37. The molecule has 0 aliphatic rings. The van der Waals surface area contributed by atoms with E-state index in [9.17, 15) is 14.4 Å². The number of hydrogen-bond acceptors (Lipinski definition) is 5. The van der Waals surface area contributed by atoms with Crippen molar-refractivity contribution in [1.29, 1.82) is 0 Å². The van der Waals surface area contributed by atoms with E-state index in [0.717, 1.165) is 25.7 Å². The predicted molar refractivity (Wildman–Crippen MR) is 101 cm³/mol. The van der Waals surface area contributed by atoms with E-state index in [2.05, 4.69) is 17.6 Å². The highest BCUT2D eigenvalue weighted by Crippen LogP contribution is 2.11. The lowest BCUT2D eigenvalue weighted by Gasteiger charge is -2.18. The van der Waals surface area contributed by atoms with Crippen LogP contribution in [0.1, 0.15) is 72.1 Å². The molecule has 2 unspecified atom stereocenters. The first-order valence-electron chi connectivity index (χ1n) is 9.80. The molecule has 0 heterocycles. The fourth-order valence-corrected chi connectivity index (χ4v) is 2.42. The number of amides is 2. The number of carbonyl (C=O) groups excluding carboxylic acids is 3. The van der Waals surface area contributed by atoms with Gasteiger partial charge in [-0.3, -0.25) is 9.59 Å². The third-order valence-electron chi connectivity index (χ3n) is 4.41. The van der Waals surface area contributed by atoms with Gasteiger partial charge in [-0.1, -0.05) is 33.6 Å². The Morgan fingerprint density at radius 2 is 1.73 bits per heavy atom. The minimum atomic E-state index is -0.529. The summed E-state index contributed by atoms with van der Waals surface area (Å²) < 4.78 is 5.35. The highest BCUT2D eigenvalue weighted by atomic mass is 16.6. The summed E-state index contributed by atoms with van der Waals surface area (Å²) in [4.78, 5) is 34.8. The summed E-state index contributed by atoms with van der Waals surface area (Å²) >= 11 is 0. The largest absolute Gasteiger partial charge is 0.444 e. The van der Waals surface area contributed by atoms with Crippen LogP contribution in [0.4, 0.5) is 4.79 Å². The maximum atomic E-state index is 11.9. The molecule has 0 saturated carbocycles. The van der Waals surface area contributed by atoms with Gasteiger partial charge in [-0.15, -0.1) is 0 Å². The van der Waals surface area contributed by atoms with Gasteiger partial charge in [0.2, 0.25) is 5.91 Å². The number of rotatable bonds is 15. The molecule has 0 aromatic rings. The number of ketones is 1. The van der Waals surface area contributed by atoms with Crippen LogP contribution >= 0.6 is 0 Å². The van der Waals surface area contributed by atoms with Gasteiger partial charge in [0, 0.05) is 32.4 Å². The number of unbranched alkanes of at least 4 members (excludes halogenated alkanes) is 1. The monoisotopic (exact) mass is 372 g/mol. The van der Waals surface area contributed by atoms with Crippen molar-refractivity contribution in [3.8, 4) is 0 Å². The molecular formula is C19H36N2O5. The van der Waals surface area contributed by atoms with Gasteiger partial charge in [-0.2, -0.15) is 0 Å². The van der Waals surface area contributed by atoms with E-state index in [1.54, 1.807) is 13.8 Å². The zero-order valence-corrected chi connectivity index (χ0v) is 16.5. The molecule has 7 heteroatoms. The molecule has 26 heavy (non-hydrogen) atoms. The number of hydrogen-bond donors (Lipinski definition) is 3. The van der Waals surface area contributed by atoms with Gasteiger partial charge < -0.3 is 20.5 Å². The molecule has 0 rings (SSSR count). The lowest BCUT2D eigenvalue weighted by atomic mass is 10.0. The minimum Gasteiger partial charge on any atom is -0.444 e. The quantitative estimate of drug-likeness (QED) is 0.383. The number of aliphatic hydroxyl groups is 1. The molecular weight excluding hydrogens is 336 g/mol. The number of nitrogens with one attached hydrogen (secondary N) is 2. The first kappa shape index (κ1) is 24.4. The van der Waals surface area contributed by atoms with E-state index in [1.165, 1.54) is 0 Å². The summed E-state index contributed by atoms with van der Waals surface area (Å²) in [6.07, 6.45) is 4.14. The molecule has 0 bridgehead atoms. The van der Waals surface area contributed by atoms with E-state index in [0.29, 0.717) is 38.1 Å². The number of carbonyl (C=O) groups is 3. The van der Waals surface area contributed by atoms with Crippen LogP contribution in [0.3, 0.4) is 0 Å². The van der Waals surface area contributed by atoms with Crippen molar-refractivity contribution >= 4 is 17.8 Å². The second-order valence-corrected chi connectivity index (χ2v) is 6.50. The molecule has 2 atom stereocenters. The summed E-state index contributed by atoms with van der Waals surface area (Å²) in [7, 11) is 0. The van der Waals surface area contributed by atoms with Gasteiger partial charge in [0.1, 0.15) is 11.9 Å². The van der Waals surface area contributed by atoms with Crippen LogP contribution in [0.25, 0.3) is 0 Å². The van der Waals surface area contributed by atoms with Crippen molar-refractivity contribution in [3.63, 3.8) is 0 Å². The molecule has 7 nitrogen and oxygen atoms in total. The maximum absolute atomic E-state index is 11.9. The van der Waals surface area contributed by atoms with E-state index in [4.69, 9.17) is 9.84 Å². The molecule has 0 fully saturated rings. The Bertz CT molecular complexity index is 391. The Balaban J connectivity index is 4.17. The lowest BCUT2D eigenvalue weighted by molar-refractivity contribution is -0.121. The highest BCUT2D eigenvalue weighted by molar-refractivity contribution is 5.78. The molecule has 2 amide bonds. The Hall–Kier alpha value is -1.63. The third-order valence-corrected chi connectivity index (χ3v) is 4.41. The second kappa shape index (κ2) is 15.6. The summed E-state index contributed by atoms with van der Waals surface area (Å²) in [5, 5.41) is 14.5. The van der Waals surface area contributed by atoms with Crippen molar-refractivity contribution in [3.05, 3.63) is 0 Å². The van der Waals surface area contributed by atoms with Crippen LogP contribution in [0.15, 0.2) is 0 Å². The van der Waals surface area contributed by atoms with Crippen molar-refractivity contribution in [1.82, 2.24) is 10.6 Å². The average molecular weight is 373 g/mol. The van der Waals surface area contributed by atoms with Gasteiger partial charge in [0.25, 0.3) is 0 Å². The Labute approximate surface area is 157 Å². The molecule has 0 aromatic heterocycles. The van der Waals surface area contributed by atoms with E-state index in [1.807, 2.05) is 0 Å². The van der Waals surface area contributed by atoms with Crippen molar-refractivity contribution in [2.24, 2.45) is 5.92 Å². The van der Waals surface area contributed by atoms with Gasteiger partial charge in [0.05, 0.1) is 6.54 Å². The molecule has 0 aliphatic carbocycles. The summed E-state index contributed by atoms with van der Waals surface area (Å²) in [6, 6.07) is 0. The van der Waals surface area contributed by atoms with Gasteiger partial charge >= 0.3 is 6.09 Å². The molecule has 0 spiro atoms. The Morgan fingerprint density at radius 1 is 1.00 bits per heavy atom. The fourth-order valence-electron chi connectivity index (χ4n) is 2.42. The number of aliphatic hydroxyl groups excluding tert-OH is 1. The Kier molecular flexibility index (Phi) is 14.6. The summed E-state index contributed by atoms with van der Waals surface area (Å²) in [6.45, 7) is 6.52. The normalized spacial score (nSPS) is 12.9.